The molecular formula is C18H19ClN2O3S2. The second kappa shape index (κ2) is 8.90. The molecule has 1 aromatic carbocycles. The number of halogens is 1. The Labute approximate surface area is 165 Å². The van der Waals surface area contributed by atoms with E-state index in [4.69, 9.17) is 16.3 Å². The highest BCUT2D eigenvalue weighted by Crippen LogP contribution is 2.43. The summed E-state index contributed by atoms with van der Waals surface area (Å²) in [5, 5.41) is 5.23. The zero-order valence-corrected chi connectivity index (χ0v) is 16.6. The van der Waals surface area contributed by atoms with Crippen LogP contribution in [-0.4, -0.2) is 48.8 Å². The van der Waals surface area contributed by atoms with Crippen molar-refractivity contribution in [1.82, 2.24) is 10.2 Å². The minimum atomic E-state index is -0.521. The Hall–Kier alpha value is -1.54. The summed E-state index contributed by atoms with van der Waals surface area (Å²) in [6.07, 6.45) is 0. The van der Waals surface area contributed by atoms with Gasteiger partial charge in [-0.05, 0) is 35.7 Å². The van der Waals surface area contributed by atoms with E-state index in [0.717, 1.165) is 4.88 Å². The molecule has 0 saturated carbocycles. The number of amides is 2. The van der Waals surface area contributed by atoms with Gasteiger partial charge in [0, 0.05) is 34.9 Å². The Morgan fingerprint density at radius 2 is 2.08 bits per heavy atom. The van der Waals surface area contributed by atoms with E-state index < -0.39 is 6.04 Å². The summed E-state index contributed by atoms with van der Waals surface area (Å²) in [6.45, 7) is 0.855. The van der Waals surface area contributed by atoms with E-state index in [0.29, 0.717) is 29.5 Å². The van der Waals surface area contributed by atoms with Gasteiger partial charge in [0.05, 0.1) is 6.61 Å². The number of hydrogen-bond donors (Lipinski definition) is 1. The molecule has 26 heavy (non-hydrogen) atoms. The first-order valence-corrected chi connectivity index (χ1v) is 10.4. The van der Waals surface area contributed by atoms with Gasteiger partial charge in [-0.2, -0.15) is 0 Å². The maximum atomic E-state index is 13.2. The molecule has 3 rings (SSSR count). The molecule has 1 fully saturated rings. The molecule has 2 atom stereocenters. The van der Waals surface area contributed by atoms with Gasteiger partial charge in [0.25, 0.3) is 5.91 Å². The lowest BCUT2D eigenvalue weighted by molar-refractivity contribution is -0.125. The van der Waals surface area contributed by atoms with Crippen LogP contribution < -0.4 is 5.32 Å². The zero-order chi connectivity index (χ0) is 18.5. The molecule has 1 aliphatic heterocycles. The molecule has 2 amide bonds. The molecule has 2 heterocycles. The summed E-state index contributed by atoms with van der Waals surface area (Å²) < 4.78 is 4.98. The summed E-state index contributed by atoms with van der Waals surface area (Å²) in [6, 6.07) is 10.2. The average Bonchev–Trinajstić information content (AvgIpc) is 3.31. The number of rotatable bonds is 6. The predicted molar refractivity (Wildman–Crippen MR) is 106 cm³/mol. The first-order valence-electron chi connectivity index (χ1n) is 8.11. The summed E-state index contributed by atoms with van der Waals surface area (Å²) in [7, 11) is 1.58. The highest BCUT2D eigenvalue weighted by atomic mass is 35.5. The van der Waals surface area contributed by atoms with E-state index in [2.05, 4.69) is 5.32 Å². The van der Waals surface area contributed by atoms with Crippen molar-refractivity contribution in [3.8, 4) is 0 Å². The van der Waals surface area contributed by atoms with E-state index in [9.17, 15) is 9.59 Å². The number of thioether (sulfide) groups is 1. The molecule has 1 saturated heterocycles. The number of methoxy groups -OCH3 is 1. The largest absolute Gasteiger partial charge is 0.383 e. The number of hydrogen-bond acceptors (Lipinski definition) is 5. The summed E-state index contributed by atoms with van der Waals surface area (Å²) in [5.74, 6) is 0.230. The van der Waals surface area contributed by atoms with Gasteiger partial charge >= 0.3 is 0 Å². The second-order valence-electron chi connectivity index (χ2n) is 5.72. The van der Waals surface area contributed by atoms with Crippen molar-refractivity contribution in [2.75, 3.05) is 26.0 Å². The van der Waals surface area contributed by atoms with Crippen molar-refractivity contribution in [1.29, 1.82) is 0 Å². The number of benzene rings is 1. The maximum absolute atomic E-state index is 13.2. The lowest BCUT2D eigenvalue weighted by Crippen LogP contribution is -2.48. The van der Waals surface area contributed by atoms with Gasteiger partial charge < -0.3 is 15.0 Å². The van der Waals surface area contributed by atoms with Crippen LogP contribution in [0.25, 0.3) is 0 Å². The number of ether oxygens (including phenoxy) is 1. The molecule has 0 aliphatic carbocycles. The van der Waals surface area contributed by atoms with Crippen molar-refractivity contribution in [2.45, 2.75) is 11.4 Å². The highest BCUT2D eigenvalue weighted by Gasteiger charge is 2.42. The quantitative estimate of drug-likeness (QED) is 0.741. The topological polar surface area (TPSA) is 58.6 Å². The second-order valence-corrected chi connectivity index (χ2v) is 8.25. The fraction of sp³-hybridized carbons (Fsp3) is 0.333. The fourth-order valence-electron chi connectivity index (χ4n) is 2.74. The van der Waals surface area contributed by atoms with Crippen LogP contribution in [0.5, 0.6) is 0 Å². The zero-order valence-electron chi connectivity index (χ0n) is 14.2. The van der Waals surface area contributed by atoms with Gasteiger partial charge in [0.15, 0.2) is 0 Å². The molecule has 0 bridgehead atoms. The van der Waals surface area contributed by atoms with Gasteiger partial charge in [-0.15, -0.1) is 23.1 Å². The normalized spacial score (nSPS) is 19.5. The minimum absolute atomic E-state index is 0.157. The van der Waals surface area contributed by atoms with Gasteiger partial charge in [-0.3, -0.25) is 9.59 Å². The van der Waals surface area contributed by atoms with E-state index in [1.165, 1.54) is 0 Å². The smallest absolute Gasteiger partial charge is 0.255 e. The highest BCUT2D eigenvalue weighted by molar-refractivity contribution is 7.99. The monoisotopic (exact) mass is 410 g/mol. The predicted octanol–water partition coefficient (Wildman–Crippen LogP) is 3.42. The molecular weight excluding hydrogens is 392 g/mol. The lowest BCUT2D eigenvalue weighted by Gasteiger charge is -2.28. The maximum Gasteiger partial charge on any atom is 0.255 e. The van der Waals surface area contributed by atoms with Crippen LogP contribution >= 0.6 is 34.7 Å². The number of carbonyl (C=O) groups is 2. The summed E-state index contributed by atoms with van der Waals surface area (Å²) in [4.78, 5) is 28.6. The number of carbonyl (C=O) groups excluding carboxylic acids is 2. The molecule has 5 nitrogen and oxygen atoms in total. The van der Waals surface area contributed by atoms with Crippen LogP contribution in [0.3, 0.4) is 0 Å². The third-order valence-electron chi connectivity index (χ3n) is 4.02. The van der Waals surface area contributed by atoms with Gasteiger partial charge in [0.2, 0.25) is 5.91 Å². The lowest BCUT2D eigenvalue weighted by atomic mass is 10.1. The van der Waals surface area contributed by atoms with Crippen molar-refractivity contribution < 1.29 is 14.3 Å². The van der Waals surface area contributed by atoms with Gasteiger partial charge in [-0.1, -0.05) is 17.7 Å². The van der Waals surface area contributed by atoms with Crippen LogP contribution in [0, 0.1) is 0 Å². The average molecular weight is 411 g/mol. The van der Waals surface area contributed by atoms with Crippen molar-refractivity contribution in [2.24, 2.45) is 0 Å². The minimum Gasteiger partial charge on any atom is -0.383 e. The SMILES string of the molecule is COCCNC(=O)[C@@H]1CS[C@H](c2cccs2)N1C(=O)c1ccc(Cl)cc1. The van der Waals surface area contributed by atoms with E-state index in [1.54, 1.807) is 59.4 Å². The summed E-state index contributed by atoms with van der Waals surface area (Å²) in [5.41, 5.74) is 0.521. The Morgan fingerprint density at radius 3 is 2.73 bits per heavy atom. The van der Waals surface area contributed by atoms with Crippen LogP contribution in [0.4, 0.5) is 0 Å². The van der Waals surface area contributed by atoms with Crippen molar-refractivity contribution in [3.63, 3.8) is 0 Å². The van der Waals surface area contributed by atoms with E-state index in [1.807, 2.05) is 17.5 Å². The Balaban J connectivity index is 1.85. The Kier molecular flexibility index (Phi) is 6.58. The fourth-order valence-corrected chi connectivity index (χ4v) is 5.26. The molecule has 0 unspecified atom stereocenters. The molecule has 0 spiro atoms. The number of nitrogens with one attached hydrogen (secondary N) is 1. The molecule has 0 radical (unpaired) electrons. The molecule has 138 valence electrons. The third kappa shape index (κ3) is 4.23. The van der Waals surface area contributed by atoms with E-state index in [-0.39, 0.29) is 17.2 Å². The Bertz CT molecular complexity index is 752. The summed E-state index contributed by atoms with van der Waals surface area (Å²) >= 11 is 9.13. The van der Waals surface area contributed by atoms with Gasteiger partial charge in [-0.25, -0.2) is 0 Å². The molecule has 1 aromatic heterocycles. The van der Waals surface area contributed by atoms with Crippen LogP contribution in [0.1, 0.15) is 20.6 Å². The third-order valence-corrected chi connectivity index (χ3v) is 6.65. The number of nitrogens with zero attached hydrogens (tertiary/aromatic N) is 1. The van der Waals surface area contributed by atoms with E-state index >= 15 is 0 Å². The van der Waals surface area contributed by atoms with Crippen molar-refractivity contribution >= 4 is 46.5 Å². The van der Waals surface area contributed by atoms with Crippen LogP contribution in [0.2, 0.25) is 5.02 Å². The number of thiophene rings is 1. The van der Waals surface area contributed by atoms with Crippen LogP contribution in [-0.2, 0) is 9.53 Å². The molecule has 1 aliphatic rings. The molecule has 8 heteroatoms. The van der Waals surface area contributed by atoms with Crippen molar-refractivity contribution in [3.05, 3.63) is 57.2 Å². The first kappa shape index (κ1) is 19.2. The molecule has 1 N–H and O–H groups in total. The first-order chi connectivity index (χ1) is 12.6. The molecule has 2 aromatic rings. The van der Waals surface area contributed by atoms with Gasteiger partial charge in [0.1, 0.15) is 11.4 Å². The standard InChI is InChI=1S/C18H19ClN2O3S2/c1-24-9-8-20-16(22)14-11-26-18(15-3-2-10-25-15)21(14)17(23)12-4-6-13(19)7-5-12/h2-7,10,14,18H,8-9,11H2,1H3,(H,20,22)/t14-,18+/m0/s1. The van der Waals surface area contributed by atoms with Crippen LogP contribution in [0.15, 0.2) is 41.8 Å². The Morgan fingerprint density at radius 1 is 1.31 bits per heavy atom.